The number of carbonyl (C=O) groups is 2. The topological polar surface area (TPSA) is 71.1 Å². The molecule has 0 spiro atoms. The van der Waals surface area contributed by atoms with Crippen molar-refractivity contribution >= 4 is 38.7 Å². The van der Waals surface area contributed by atoms with Crippen LogP contribution in [0.25, 0.3) is 11.0 Å². The molecule has 0 aliphatic carbocycles. The Hall–Kier alpha value is -3.45. The summed E-state index contributed by atoms with van der Waals surface area (Å²) in [6.07, 6.45) is 0. The highest BCUT2D eigenvalue weighted by atomic mass is 79.9. The average molecular weight is 491 g/mol. The number of likely N-dealkylation sites (N-methyl/N-ethyl adjacent to an activating group) is 1. The smallest absolute Gasteiger partial charge is 0.242 e. The van der Waals surface area contributed by atoms with Gasteiger partial charge in [0.15, 0.2) is 5.78 Å². The SMILES string of the molecule is CN(Cc1ccccc1)C(=O)Cn1c(=N)n(CC(=O)c2ccc(Br)cc2)c2ccccc21. The molecule has 4 rings (SSSR count). The van der Waals surface area contributed by atoms with E-state index in [1.54, 1.807) is 33.2 Å². The molecule has 0 fully saturated rings. The number of rotatable bonds is 7. The maximum absolute atomic E-state index is 12.9. The van der Waals surface area contributed by atoms with Gasteiger partial charge in [-0.3, -0.25) is 15.0 Å². The number of Topliss-reactive ketones (excluding diaryl/α,β-unsaturated/α-hetero) is 1. The van der Waals surface area contributed by atoms with Crippen LogP contribution in [-0.4, -0.2) is 32.8 Å². The predicted octanol–water partition coefficient (Wildman–Crippen LogP) is 4.23. The van der Waals surface area contributed by atoms with Crippen molar-refractivity contribution in [2.24, 2.45) is 0 Å². The van der Waals surface area contributed by atoms with E-state index in [1.807, 2.05) is 66.7 Å². The van der Waals surface area contributed by atoms with Gasteiger partial charge >= 0.3 is 0 Å². The minimum absolute atomic E-state index is 0.0298. The van der Waals surface area contributed by atoms with Gasteiger partial charge in [-0.05, 0) is 29.8 Å². The average Bonchev–Trinajstić information content (AvgIpc) is 3.06. The first-order valence-corrected chi connectivity index (χ1v) is 11.0. The number of nitrogens with zero attached hydrogens (tertiary/aromatic N) is 3. The Kier molecular flexibility index (Phi) is 6.37. The summed E-state index contributed by atoms with van der Waals surface area (Å²) in [5.74, 6) is -0.194. The third-order valence-corrected chi connectivity index (χ3v) is 5.95. The Balaban J connectivity index is 1.61. The number of hydrogen-bond donors (Lipinski definition) is 1. The molecule has 1 amide bonds. The lowest BCUT2D eigenvalue weighted by molar-refractivity contribution is -0.131. The second-order valence-electron chi connectivity index (χ2n) is 7.65. The molecule has 4 aromatic rings. The van der Waals surface area contributed by atoms with Crippen LogP contribution in [0.4, 0.5) is 0 Å². The highest BCUT2D eigenvalue weighted by molar-refractivity contribution is 9.10. The molecule has 0 atom stereocenters. The van der Waals surface area contributed by atoms with Crippen molar-refractivity contribution in [1.29, 1.82) is 5.41 Å². The van der Waals surface area contributed by atoms with Crippen molar-refractivity contribution in [3.63, 3.8) is 0 Å². The minimum atomic E-state index is -0.102. The van der Waals surface area contributed by atoms with Gasteiger partial charge in [-0.1, -0.05) is 70.5 Å². The summed E-state index contributed by atoms with van der Waals surface area (Å²) in [4.78, 5) is 27.5. The lowest BCUT2D eigenvalue weighted by atomic mass is 10.1. The number of imidazole rings is 1. The first kappa shape index (κ1) is 21.8. The number of ketones is 1. The van der Waals surface area contributed by atoms with E-state index < -0.39 is 0 Å². The number of fused-ring (bicyclic) bond motifs is 1. The third kappa shape index (κ3) is 4.57. The van der Waals surface area contributed by atoms with E-state index in [9.17, 15) is 9.59 Å². The molecule has 1 aromatic heterocycles. The van der Waals surface area contributed by atoms with Crippen molar-refractivity contribution in [2.45, 2.75) is 19.6 Å². The van der Waals surface area contributed by atoms with E-state index in [0.29, 0.717) is 12.1 Å². The monoisotopic (exact) mass is 490 g/mol. The van der Waals surface area contributed by atoms with E-state index >= 15 is 0 Å². The van der Waals surface area contributed by atoms with Crippen LogP contribution in [0.3, 0.4) is 0 Å². The highest BCUT2D eigenvalue weighted by Crippen LogP contribution is 2.16. The summed E-state index contributed by atoms with van der Waals surface area (Å²) < 4.78 is 4.22. The summed E-state index contributed by atoms with van der Waals surface area (Å²) in [7, 11) is 1.76. The number of halogens is 1. The molecule has 0 saturated carbocycles. The molecule has 7 heteroatoms. The fourth-order valence-electron chi connectivity index (χ4n) is 3.69. The Morgan fingerprint density at radius 2 is 1.41 bits per heavy atom. The molecule has 6 nitrogen and oxygen atoms in total. The first-order valence-electron chi connectivity index (χ1n) is 10.2. The lowest BCUT2D eigenvalue weighted by Crippen LogP contribution is -2.35. The number of nitrogens with one attached hydrogen (secondary N) is 1. The molecule has 0 aliphatic rings. The van der Waals surface area contributed by atoms with Crippen LogP contribution in [0.1, 0.15) is 15.9 Å². The predicted molar refractivity (Wildman–Crippen MR) is 127 cm³/mol. The lowest BCUT2D eigenvalue weighted by Gasteiger charge is -2.18. The summed E-state index contributed by atoms with van der Waals surface area (Å²) in [5, 5.41) is 8.72. The zero-order valence-electron chi connectivity index (χ0n) is 17.7. The Bertz CT molecular complexity index is 1320. The van der Waals surface area contributed by atoms with E-state index in [0.717, 1.165) is 21.1 Å². The standard InChI is InChI=1S/C25H23BrN4O2/c1-28(15-18-7-3-2-4-8-18)24(32)17-30-22-10-6-5-9-21(22)29(25(30)27)16-23(31)19-11-13-20(26)14-12-19/h2-14,27H,15-17H2,1H3. The third-order valence-electron chi connectivity index (χ3n) is 5.42. The summed E-state index contributed by atoms with van der Waals surface area (Å²) in [5.41, 5.74) is 3.25. The minimum Gasteiger partial charge on any atom is -0.340 e. The highest BCUT2D eigenvalue weighted by Gasteiger charge is 2.18. The van der Waals surface area contributed by atoms with Crippen LogP contribution in [0.15, 0.2) is 83.3 Å². The van der Waals surface area contributed by atoms with Crippen molar-refractivity contribution in [1.82, 2.24) is 14.0 Å². The maximum atomic E-state index is 12.9. The first-order chi connectivity index (χ1) is 15.4. The molecule has 1 N–H and O–H groups in total. The number of carbonyl (C=O) groups excluding carboxylic acids is 2. The molecule has 0 radical (unpaired) electrons. The van der Waals surface area contributed by atoms with Gasteiger partial charge < -0.3 is 14.0 Å². The van der Waals surface area contributed by atoms with E-state index in [1.165, 1.54) is 0 Å². The Morgan fingerprint density at radius 1 is 0.844 bits per heavy atom. The van der Waals surface area contributed by atoms with Crippen molar-refractivity contribution in [3.05, 3.63) is 100 Å². The van der Waals surface area contributed by atoms with Crippen molar-refractivity contribution < 1.29 is 9.59 Å². The quantitative estimate of drug-likeness (QED) is 0.393. The van der Waals surface area contributed by atoms with Crippen LogP contribution in [0, 0.1) is 5.41 Å². The number of para-hydroxylation sites is 2. The molecule has 162 valence electrons. The largest absolute Gasteiger partial charge is 0.340 e. The van der Waals surface area contributed by atoms with Gasteiger partial charge in [0.25, 0.3) is 0 Å². The normalized spacial score (nSPS) is 10.9. The van der Waals surface area contributed by atoms with Crippen LogP contribution >= 0.6 is 15.9 Å². The number of aromatic nitrogens is 2. The Morgan fingerprint density at radius 3 is 2.03 bits per heavy atom. The second kappa shape index (κ2) is 9.36. The van der Waals surface area contributed by atoms with Crippen molar-refractivity contribution in [2.75, 3.05) is 7.05 Å². The van der Waals surface area contributed by atoms with Gasteiger partial charge in [0.1, 0.15) is 6.54 Å². The van der Waals surface area contributed by atoms with Gasteiger partial charge in [0, 0.05) is 23.6 Å². The van der Waals surface area contributed by atoms with E-state index in [-0.39, 0.29) is 30.4 Å². The summed E-state index contributed by atoms with van der Waals surface area (Å²) in [6.45, 7) is 0.554. The van der Waals surface area contributed by atoms with Crippen LogP contribution < -0.4 is 5.62 Å². The summed E-state index contributed by atoms with van der Waals surface area (Å²) >= 11 is 3.38. The molecular weight excluding hydrogens is 468 g/mol. The molecule has 1 heterocycles. The van der Waals surface area contributed by atoms with Crippen LogP contribution in [0.2, 0.25) is 0 Å². The number of benzene rings is 3. The molecule has 32 heavy (non-hydrogen) atoms. The second-order valence-corrected chi connectivity index (χ2v) is 8.57. The molecule has 0 bridgehead atoms. The van der Waals surface area contributed by atoms with Gasteiger partial charge in [0.2, 0.25) is 11.5 Å². The van der Waals surface area contributed by atoms with Gasteiger partial charge in [0.05, 0.1) is 17.6 Å². The van der Waals surface area contributed by atoms with Gasteiger partial charge in [-0.2, -0.15) is 0 Å². The number of amides is 1. The molecule has 0 saturated heterocycles. The van der Waals surface area contributed by atoms with Gasteiger partial charge in [-0.25, -0.2) is 0 Å². The fourth-order valence-corrected chi connectivity index (χ4v) is 3.95. The van der Waals surface area contributed by atoms with Crippen LogP contribution in [-0.2, 0) is 24.4 Å². The zero-order valence-corrected chi connectivity index (χ0v) is 19.2. The molecule has 3 aromatic carbocycles. The van der Waals surface area contributed by atoms with Crippen LogP contribution in [0.5, 0.6) is 0 Å². The number of hydrogen-bond acceptors (Lipinski definition) is 3. The van der Waals surface area contributed by atoms with Crippen molar-refractivity contribution in [3.8, 4) is 0 Å². The molecular formula is C25H23BrN4O2. The maximum Gasteiger partial charge on any atom is 0.242 e. The van der Waals surface area contributed by atoms with Gasteiger partial charge in [-0.15, -0.1) is 0 Å². The molecule has 0 unspecified atom stereocenters. The fraction of sp³-hybridized carbons (Fsp3) is 0.160. The Labute approximate surface area is 194 Å². The summed E-state index contributed by atoms with van der Waals surface area (Å²) in [6, 6.07) is 24.4. The van der Waals surface area contributed by atoms with E-state index in [2.05, 4.69) is 15.9 Å². The molecule has 0 aliphatic heterocycles. The zero-order chi connectivity index (χ0) is 22.7. The van der Waals surface area contributed by atoms with E-state index in [4.69, 9.17) is 5.41 Å².